The van der Waals surface area contributed by atoms with Gasteiger partial charge >= 0.3 is 0 Å². The summed E-state index contributed by atoms with van der Waals surface area (Å²) >= 11 is 9.33. The number of aromatic nitrogens is 1. The molecule has 0 fully saturated rings. The van der Waals surface area contributed by atoms with Crippen molar-refractivity contribution in [1.29, 1.82) is 0 Å². The predicted octanol–water partition coefficient (Wildman–Crippen LogP) is 4.58. The molecule has 1 heterocycles. The minimum Gasteiger partial charge on any atom is -0.370 e. The van der Waals surface area contributed by atoms with Gasteiger partial charge in [0.2, 0.25) is 0 Å². The Bertz CT molecular complexity index is 681. The van der Waals surface area contributed by atoms with Gasteiger partial charge in [-0.2, -0.15) is 0 Å². The highest BCUT2D eigenvalue weighted by molar-refractivity contribution is 9.10. The van der Waals surface area contributed by atoms with E-state index in [1.165, 1.54) is 12.1 Å². The molecule has 8 heteroatoms. The van der Waals surface area contributed by atoms with E-state index in [4.69, 9.17) is 11.6 Å². The van der Waals surface area contributed by atoms with E-state index in [1.54, 1.807) is 18.2 Å². The van der Waals surface area contributed by atoms with Crippen molar-refractivity contribution in [2.24, 2.45) is 0 Å². The molecule has 0 aliphatic carbocycles. The van der Waals surface area contributed by atoms with Crippen LogP contribution in [0.4, 0.5) is 23.0 Å². The molecule has 0 atom stereocenters. The predicted molar refractivity (Wildman–Crippen MR) is 87.5 cm³/mol. The van der Waals surface area contributed by atoms with E-state index in [2.05, 4.69) is 31.5 Å². The lowest BCUT2D eigenvalue weighted by Crippen LogP contribution is -2.03. The van der Waals surface area contributed by atoms with Gasteiger partial charge in [-0.3, -0.25) is 10.1 Å². The molecule has 0 saturated heterocycles. The lowest BCUT2D eigenvalue weighted by Gasteiger charge is -2.10. The molecule has 21 heavy (non-hydrogen) atoms. The number of nitrogens with one attached hydrogen (secondary N) is 2. The minimum atomic E-state index is -0.458. The van der Waals surface area contributed by atoms with E-state index >= 15 is 0 Å². The molecule has 0 unspecified atom stereocenters. The number of hydrogen-bond donors (Lipinski definition) is 2. The fraction of sp³-hybridized carbons (Fsp3) is 0.154. The molecule has 0 spiro atoms. The van der Waals surface area contributed by atoms with Crippen molar-refractivity contribution in [2.75, 3.05) is 17.2 Å². The van der Waals surface area contributed by atoms with Gasteiger partial charge in [-0.05, 0) is 41.1 Å². The van der Waals surface area contributed by atoms with Crippen LogP contribution in [0.3, 0.4) is 0 Å². The second-order valence-corrected chi connectivity index (χ2v) is 5.42. The highest BCUT2D eigenvalue weighted by atomic mass is 79.9. The lowest BCUT2D eigenvalue weighted by molar-refractivity contribution is -0.384. The highest BCUT2D eigenvalue weighted by Gasteiger charge is 2.12. The molecular formula is C13H12BrClN4O2. The number of hydrogen-bond acceptors (Lipinski definition) is 5. The van der Waals surface area contributed by atoms with Crippen LogP contribution in [0.25, 0.3) is 0 Å². The maximum atomic E-state index is 11.0. The van der Waals surface area contributed by atoms with Crippen LogP contribution in [0.2, 0.25) is 5.02 Å². The van der Waals surface area contributed by atoms with Crippen LogP contribution in [0.5, 0.6) is 0 Å². The van der Waals surface area contributed by atoms with Crippen molar-refractivity contribution >= 4 is 50.5 Å². The summed E-state index contributed by atoms with van der Waals surface area (Å²) in [5, 5.41) is 17.5. The van der Waals surface area contributed by atoms with Crippen molar-refractivity contribution in [1.82, 2.24) is 4.98 Å². The van der Waals surface area contributed by atoms with Gasteiger partial charge in [0.15, 0.2) is 0 Å². The number of anilines is 3. The van der Waals surface area contributed by atoms with Crippen LogP contribution in [0, 0.1) is 10.1 Å². The van der Waals surface area contributed by atoms with Crippen LogP contribution in [0.15, 0.2) is 34.8 Å². The second kappa shape index (κ2) is 6.73. The van der Waals surface area contributed by atoms with Crippen LogP contribution in [0.1, 0.15) is 6.92 Å². The third kappa shape index (κ3) is 4.05. The quantitative estimate of drug-likeness (QED) is 0.594. The fourth-order valence-electron chi connectivity index (χ4n) is 1.69. The minimum absolute atomic E-state index is 0.0402. The summed E-state index contributed by atoms with van der Waals surface area (Å²) in [6.45, 7) is 2.51. The molecule has 0 amide bonds. The molecule has 2 rings (SSSR count). The SMILES string of the molecule is CCNc1cc([N+](=O)[O-])cc(Nc2cc(Cl)ccc2Br)n1. The lowest BCUT2D eigenvalue weighted by atomic mass is 10.3. The molecule has 0 aliphatic rings. The standard InChI is InChI=1S/C13H12BrClN4O2/c1-2-16-12-6-9(19(20)21)7-13(18-12)17-11-5-8(15)3-4-10(11)14/h3-7H,2H2,1H3,(H2,16,17,18). The molecule has 1 aromatic heterocycles. The van der Waals surface area contributed by atoms with Crippen molar-refractivity contribution < 1.29 is 4.92 Å². The normalized spacial score (nSPS) is 10.2. The zero-order valence-electron chi connectivity index (χ0n) is 11.1. The number of rotatable bonds is 5. The first-order valence-electron chi connectivity index (χ1n) is 6.12. The number of pyridine rings is 1. The summed E-state index contributed by atoms with van der Waals surface area (Å²) in [6.07, 6.45) is 0. The van der Waals surface area contributed by atoms with Gasteiger partial charge in [-0.15, -0.1) is 0 Å². The van der Waals surface area contributed by atoms with E-state index in [1.807, 2.05) is 6.92 Å². The summed E-state index contributed by atoms with van der Waals surface area (Å²) < 4.78 is 0.783. The van der Waals surface area contributed by atoms with Gasteiger partial charge in [0, 0.05) is 16.0 Å². The van der Waals surface area contributed by atoms with Crippen LogP contribution in [-0.2, 0) is 0 Å². The summed E-state index contributed by atoms with van der Waals surface area (Å²) in [5.74, 6) is 0.801. The van der Waals surface area contributed by atoms with Crippen LogP contribution >= 0.6 is 27.5 Å². The van der Waals surface area contributed by atoms with E-state index in [-0.39, 0.29) is 5.69 Å². The van der Waals surface area contributed by atoms with Gasteiger partial charge in [-0.1, -0.05) is 11.6 Å². The summed E-state index contributed by atoms with van der Waals surface area (Å²) in [4.78, 5) is 14.8. The second-order valence-electron chi connectivity index (χ2n) is 4.13. The van der Waals surface area contributed by atoms with E-state index in [0.717, 1.165) is 4.47 Å². The Kier molecular flexibility index (Phi) is 4.98. The first-order valence-corrected chi connectivity index (χ1v) is 7.29. The summed E-state index contributed by atoms with van der Waals surface area (Å²) in [5.41, 5.74) is 0.638. The van der Waals surface area contributed by atoms with Crippen LogP contribution < -0.4 is 10.6 Å². The molecule has 1 aromatic carbocycles. The Hall–Kier alpha value is -1.86. The van der Waals surface area contributed by atoms with Crippen molar-refractivity contribution in [2.45, 2.75) is 6.92 Å². The van der Waals surface area contributed by atoms with Gasteiger partial charge in [0.05, 0.1) is 22.7 Å². The smallest absolute Gasteiger partial charge is 0.276 e. The average molecular weight is 372 g/mol. The molecule has 2 N–H and O–H groups in total. The monoisotopic (exact) mass is 370 g/mol. The van der Waals surface area contributed by atoms with Gasteiger partial charge in [0.1, 0.15) is 11.6 Å². The zero-order chi connectivity index (χ0) is 15.4. The zero-order valence-corrected chi connectivity index (χ0v) is 13.4. The summed E-state index contributed by atoms with van der Waals surface area (Å²) in [7, 11) is 0. The van der Waals surface area contributed by atoms with Crippen molar-refractivity contribution in [3.8, 4) is 0 Å². The van der Waals surface area contributed by atoms with Crippen molar-refractivity contribution in [3.05, 3.63) is 49.9 Å². The fourth-order valence-corrected chi connectivity index (χ4v) is 2.21. The van der Waals surface area contributed by atoms with E-state index < -0.39 is 4.92 Å². The topological polar surface area (TPSA) is 80.1 Å². The molecule has 6 nitrogen and oxygen atoms in total. The van der Waals surface area contributed by atoms with Gasteiger partial charge < -0.3 is 10.6 Å². The molecule has 0 radical (unpaired) electrons. The van der Waals surface area contributed by atoms with Crippen LogP contribution in [-0.4, -0.2) is 16.5 Å². The Morgan fingerprint density at radius 1 is 1.33 bits per heavy atom. The van der Waals surface area contributed by atoms with Crippen molar-refractivity contribution in [3.63, 3.8) is 0 Å². The molecule has 0 bridgehead atoms. The number of benzene rings is 1. The highest BCUT2D eigenvalue weighted by Crippen LogP contribution is 2.30. The molecule has 110 valence electrons. The third-order valence-corrected chi connectivity index (χ3v) is 3.50. The Labute approximate surface area is 134 Å². The van der Waals surface area contributed by atoms with E-state index in [0.29, 0.717) is 28.9 Å². The number of nitrogens with zero attached hydrogens (tertiary/aromatic N) is 2. The Balaban J connectivity index is 2.38. The summed E-state index contributed by atoms with van der Waals surface area (Å²) in [6, 6.07) is 7.99. The first-order chi connectivity index (χ1) is 9.99. The number of nitro groups is 1. The maximum absolute atomic E-state index is 11.0. The molecule has 0 aliphatic heterocycles. The number of halogens is 2. The Morgan fingerprint density at radius 2 is 2.05 bits per heavy atom. The molecule has 2 aromatic rings. The van der Waals surface area contributed by atoms with Gasteiger partial charge in [0.25, 0.3) is 5.69 Å². The van der Waals surface area contributed by atoms with Gasteiger partial charge in [-0.25, -0.2) is 4.98 Å². The first kappa shape index (κ1) is 15.5. The Morgan fingerprint density at radius 3 is 2.71 bits per heavy atom. The average Bonchev–Trinajstić information content (AvgIpc) is 2.43. The maximum Gasteiger partial charge on any atom is 0.276 e. The molecule has 0 saturated carbocycles. The third-order valence-electron chi connectivity index (χ3n) is 2.57. The van der Waals surface area contributed by atoms with E-state index in [9.17, 15) is 10.1 Å². The molecular weight excluding hydrogens is 360 g/mol. The largest absolute Gasteiger partial charge is 0.370 e.